The van der Waals surface area contributed by atoms with Gasteiger partial charge >= 0.3 is 0 Å². The molecule has 0 N–H and O–H groups in total. The molecule has 0 aromatic rings. The van der Waals surface area contributed by atoms with E-state index in [0.717, 1.165) is 32.5 Å². The minimum atomic E-state index is -0.316. The van der Waals surface area contributed by atoms with Gasteiger partial charge in [-0.3, -0.25) is 4.79 Å². The van der Waals surface area contributed by atoms with Crippen molar-refractivity contribution >= 4 is 5.91 Å². The van der Waals surface area contributed by atoms with Crippen molar-refractivity contribution in [2.75, 3.05) is 33.9 Å². The fourth-order valence-electron chi connectivity index (χ4n) is 1.91. The Morgan fingerprint density at radius 1 is 1.40 bits per heavy atom. The molecular weight excluding hydrogens is 194 g/mol. The van der Waals surface area contributed by atoms with Crippen LogP contribution in [0.2, 0.25) is 0 Å². The zero-order chi connectivity index (χ0) is 11.3. The first-order chi connectivity index (χ1) is 7.19. The molecule has 1 fully saturated rings. The third-order valence-electron chi connectivity index (χ3n) is 3.03. The molecule has 1 unspecified atom stereocenters. The Kier molecular flexibility index (Phi) is 5.05. The lowest BCUT2D eigenvalue weighted by molar-refractivity contribution is -0.142. The first-order valence-corrected chi connectivity index (χ1v) is 5.49. The fourth-order valence-corrected chi connectivity index (χ4v) is 1.91. The highest BCUT2D eigenvalue weighted by Crippen LogP contribution is 2.18. The van der Waals surface area contributed by atoms with Crippen molar-refractivity contribution in [3.8, 4) is 0 Å². The van der Waals surface area contributed by atoms with Crippen LogP contribution >= 0.6 is 0 Å². The van der Waals surface area contributed by atoms with Gasteiger partial charge in [0.15, 0.2) is 0 Å². The quantitative estimate of drug-likeness (QED) is 0.699. The van der Waals surface area contributed by atoms with Crippen LogP contribution in [-0.2, 0) is 14.3 Å². The number of methoxy groups -OCH3 is 2. The van der Waals surface area contributed by atoms with Gasteiger partial charge in [-0.2, -0.15) is 0 Å². The molecule has 0 aliphatic carbocycles. The topological polar surface area (TPSA) is 38.8 Å². The number of likely N-dealkylation sites (tertiary alicyclic amines) is 1. The van der Waals surface area contributed by atoms with Crippen LogP contribution in [-0.4, -0.2) is 50.8 Å². The Bertz CT molecular complexity index is 200. The minimum absolute atomic E-state index is 0.105. The highest BCUT2D eigenvalue weighted by atomic mass is 16.5. The molecule has 0 spiro atoms. The van der Waals surface area contributed by atoms with E-state index >= 15 is 0 Å². The Labute approximate surface area is 91.5 Å². The zero-order valence-electron chi connectivity index (χ0n) is 9.86. The third-order valence-corrected chi connectivity index (χ3v) is 3.03. The highest BCUT2D eigenvalue weighted by Gasteiger charge is 2.25. The second kappa shape index (κ2) is 6.08. The maximum atomic E-state index is 11.8. The summed E-state index contributed by atoms with van der Waals surface area (Å²) in [7, 11) is 3.30. The van der Waals surface area contributed by atoms with E-state index < -0.39 is 0 Å². The molecule has 1 rings (SSSR count). The Morgan fingerprint density at radius 3 is 2.47 bits per heavy atom. The molecule has 0 bridgehead atoms. The Balaban J connectivity index is 2.33. The largest absolute Gasteiger partial charge is 0.384 e. The summed E-state index contributed by atoms with van der Waals surface area (Å²) in [6.07, 6.45) is 1.76. The van der Waals surface area contributed by atoms with Gasteiger partial charge in [0, 0.05) is 33.9 Å². The Hall–Kier alpha value is -0.610. The molecule has 1 atom stereocenters. The van der Waals surface area contributed by atoms with Gasteiger partial charge in [-0.25, -0.2) is 0 Å². The molecule has 0 aromatic heterocycles. The Morgan fingerprint density at radius 2 is 2.00 bits per heavy atom. The lowest BCUT2D eigenvalue weighted by Crippen LogP contribution is -2.44. The molecule has 0 aromatic carbocycles. The summed E-state index contributed by atoms with van der Waals surface area (Å²) < 4.78 is 10.1. The van der Waals surface area contributed by atoms with Gasteiger partial charge in [-0.05, 0) is 25.7 Å². The lowest BCUT2D eigenvalue weighted by Gasteiger charge is -2.32. The maximum Gasteiger partial charge on any atom is 0.251 e. The molecule has 88 valence electrons. The van der Waals surface area contributed by atoms with Crippen molar-refractivity contribution in [1.29, 1.82) is 0 Å². The molecule has 1 heterocycles. The number of hydrogen-bond acceptors (Lipinski definition) is 3. The van der Waals surface area contributed by atoms with Crippen molar-refractivity contribution in [3.05, 3.63) is 0 Å². The molecular formula is C11H21NO3. The van der Waals surface area contributed by atoms with E-state index in [-0.39, 0.29) is 12.0 Å². The summed E-state index contributed by atoms with van der Waals surface area (Å²) in [5.74, 6) is 0.713. The number of rotatable bonds is 4. The first kappa shape index (κ1) is 12.5. The SMILES string of the molecule is COCC1CCN(C(=O)C(C)OC)CC1. The molecule has 1 amide bonds. The third kappa shape index (κ3) is 3.47. The van der Waals surface area contributed by atoms with Crippen LogP contribution in [0.3, 0.4) is 0 Å². The normalized spacial score (nSPS) is 20.3. The number of carbonyl (C=O) groups is 1. The zero-order valence-corrected chi connectivity index (χ0v) is 9.86. The molecule has 1 aliphatic heterocycles. The maximum absolute atomic E-state index is 11.8. The second-order valence-corrected chi connectivity index (χ2v) is 4.10. The van der Waals surface area contributed by atoms with E-state index in [1.54, 1.807) is 21.1 Å². The predicted octanol–water partition coefficient (Wildman–Crippen LogP) is 0.906. The summed E-state index contributed by atoms with van der Waals surface area (Å²) in [5, 5.41) is 0. The van der Waals surface area contributed by atoms with Gasteiger partial charge in [-0.15, -0.1) is 0 Å². The predicted molar refractivity (Wildman–Crippen MR) is 57.7 cm³/mol. The molecule has 15 heavy (non-hydrogen) atoms. The molecule has 1 saturated heterocycles. The van der Waals surface area contributed by atoms with Crippen LogP contribution in [0.15, 0.2) is 0 Å². The lowest BCUT2D eigenvalue weighted by atomic mass is 9.97. The standard InChI is InChI=1S/C11H21NO3/c1-9(15-3)11(13)12-6-4-10(5-7-12)8-14-2/h9-10H,4-8H2,1-3H3. The average molecular weight is 215 g/mol. The number of ether oxygens (including phenoxy) is 2. The van der Waals surface area contributed by atoms with E-state index in [1.165, 1.54) is 0 Å². The van der Waals surface area contributed by atoms with Crippen molar-refractivity contribution < 1.29 is 14.3 Å². The van der Waals surface area contributed by atoms with Crippen LogP contribution in [0.4, 0.5) is 0 Å². The average Bonchev–Trinajstić information content (AvgIpc) is 2.28. The van der Waals surface area contributed by atoms with Crippen LogP contribution < -0.4 is 0 Å². The first-order valence-electron chi connectivity index (χ1n) is 5.49. The van der Waals surface area contributed by atoms with Gasteiger partial charge in [-0.1, -0.05) is 0 Å². The highest BCUT2D eigenvalue weighted by molar-refractivity contribution is 5.80. The van der Waals surface area contributed by atoms with Crippen LogP contribution in [0, 0.1) is 5.92 Å². The number of carbonyl (C=O) groups excluding carboxylic acids is 1. The number of amides is 1. The van der Waals surface area contributed by atoms with Gasteiger partial charge in [0.2, 0.25) is 0 Å². The van der Waals surface area contributed by atoms with E-state index in [4.69, 9.17) is 9.47 Å². The summed E-state index contributed by atoms with van der Waals surface area (Å²) in [5.41, 5.74) is 0. The second-order valence-electron chi connectivity index (χ2n) is 4.10. The summed E-state index contributed by atoms with van der Waals surface area (Å²) in [6, 6.07) is 0. The summed E-state index contributed by atoms with van der Waals surface area (Å²) in [4.78, 5) is 13.7. The van der Waals surface area contributed by atoms with Crippen LogP contribution in [0.5, 0.6) is 0 Å². The molecule has 0 saturated carbocycles. The molecule has 1 aliphatic rings. The summed E-state index contributed by atoms with van der Waals surface area (Å²) >= 11 is 0. The number of nitrogens with zero attached hydrogens (tertiary/aromatic N) is 1. The van der Waals surface area contributed by atoms with Gasteiger partial charge in [0.1, 0.15) is 6.10 Å². The molecule has 4 nitrogen and oxygen atoms in total. The smallest absolute Gasteiger partial charge is 0.251 e. The van der Waals surface area contributed by atoms with E-state index in [9.17, 15) is 4.79 Å². The van der Waals surface area contributed by atoms with Crippen molar-refractivity contribution in [2.45, 2.75) is 25.9 Å². The van der Waals surface area contributed by atoms with Crippen molar-refractivity contribution in [3.63, 3.8) is 0 Å². The minimum Gasteiger partial charge on any atom is -0.384 e. The van der Waals surface area contributed by atoms with Gasteiger partial charge < -0.3 is 14.4 Å². The van der Waals surface area contributed by atoms with Gasteiger partial charge in [0.05, 0.1) is 0 Å². The fraction of sp³-hybridized carbons (Fsp3) is 0.909. The van der Waals surface area contributed by atoms with E-state index in [2.05, 4.69) is 0 Å². The van der Waals surface area contributed by atoms with E-state index in [0.29, 0.717) is 5.92 Å². The van der Waals surface area contributed by atoms with Crippen LogP contribution in [0.1, 0.15) is 19.8 Å². The molecule has 0 radical (unpaired) electrons. The summed E-state index contributed by atoms with van der Waals surface area (Å²) in [6.45, 7) is 4.27. The van der Waals surface area contributed by atoms with E-state index in [1.807, 2.05) is 4.90 Å². The monoisotopic (exact) mass is 215 g/mol. The van der Waals surface area contributed by atoms with Crippen molar-refractivity contribution in [1.82, 2.24) is 4.90 Å². The number of piperidine rings is 1. The molecule has 4 heteroatoms. The number of hydrogen-bond donors (Lipinski definition) is 0. The van der Waals surface area contributed by atoms with Crippen molar-refractivity contribution in [2.24, 2.45) is 5.92 Å². The van der Waals surface area contributed by atoms with Gasteiger partial charge in [0.25, 0.3) is 5.91 Å². The van der Waals surface area contributed by atoms with Crippen LogP contribution in [0.25, 0.3) is 0 Å².